The highest BCUT2D eigenvalue weighted by molar-refractivity contribution is 7.89. The van der Waals surface area contributed by atoms with Crippen molar-refractivity contribution < 1.29 is 27.1 Å². The van der Waals surface area contributed by atoms with E-state index < -0.39 is 26.6 Å². The minimum atomic E-state index is -4.25. The van der Waals surface area contributed by atoms with E-state index in [9.17, 15) is 17.6 Å². The molecule has 0 heterocycles. The lowest BCUT2D eigenvalue weighted by atomic mass is 10.2. The Balaban J connectivity index is 2.14. The second kappa shape index (κ2) is 8.15. The van der Waals surface area contributed by atoms with E-state index in [-0.39, 0.29) is 11.7 Å². The fraction of sp³-hybridized carbons (Fsp3) is 0.235. The van der Waals surface area contributed by atoms with Crippen molar-refractivity contribution in [3.05, 3.63) is 53.8 Å². The van der Waals surface area contributed by atoms with Crippen LogP contribution < -0.4 is 19.7 Å². The van der Waals surface area contributed by atoms with Crippen LogP contribution in [-0.4, -0.2) is 27.5 Å². The van der Waals surface area contributed by atoms with E-state index in [1.807, 2.05) is 24.1 Å². The Morgan fingerprint density at radius 2 is 1.81 bits per heavy atom. The second-order valence-corrected chi connectivity index (χ2v) is 7.17. The SMILES string of the molecule is COc1cc(C(=O)NNS(=O)(=O)c2ccccc2F)ccc1OC(C)C. The fourth-order valence-corrected chi connectivity index (χ4v) is 2.98. The van der Waals surface area contributed by atoms with E-state index in [2.05, 4.69) is 0 Å². The van der Waals surface area contributed by atoms with Crippen molar-refractivity contribution in [1.82, 2.24) is 10.3 Å². The number of rotatable bonds is 7. The van der Waals surface area contributed by atoms with E-state index in [0.29, 0.717) is 11.5 Å². The van der Waals surface area contributed by atoms with Crippen LogP contribution in [0.25, 0.3) is 0 Å². The summed E-state index contributed by atoms with van der Waals surface area (Å²) in [5, 5.41) is 0. The number of sulfonamides is 1. The number of carbonyl (C=O) groups excluding carboxylic acids is 1. The summed E-state index contributed by atoms with van der Waals surface area (Å²) in [7, 11) is -2.82. The number of hydrogen-bond donors (Lipinski definition) is 2. The van der Waals surface area contributed by atoms with Gasteiger partial charge in [-0.2, -0.15) is 0 Å². The van der Waals surface area contributed by atoms with Gasteiger partial charge < -0.3 is 9.47 Å². The second-order valence-electron chi connectivity index (χ2n) is 5.52. The first-order valence-corrected chi connectivity index (χ1v) is 9.14. The Bertz CT molecular complexity index is 900. The van der Waals surface area contributed by atoms with Gasteiger partial charge in [-0.25, -0.2) is 12.8 Å². The van der Waals surface area contributed by atoms with Gasteiger partial charge in [-0.15, -0.1) is 4.83 Å². The number of amides is 1. The first-order chi connectivity index (χ1) is 12.2. The van der Waals surface area contributed by atoms with E-state index in [1.165, 1.54) is 31.4 Å². The largest absolute Gasteiger partial charge is 0.493 e. The molecule has 0 spiro atoms. The minimum Gasteiger partial charge on any atom is -0.493 e. The molecule has 0 radical (unpaired) electrons. The van der Waals surface area contributed by atoms with Crippen molar-refractivity contribution in [2.75, 3.05) is 7.11 Å². The average Bonchev–Trinajstić information content (AvgIpc) is 2.59. The third-order valence-corrected chi connectivity index (χ3v) is 4.49. The molecule has 9 heteroatoms. The molecule has 2 aromatic carbocycles. The van der Waals surface area contributed by atoms with Crippen molar-refractivity contribution in [2.24, 2.45) is 0 Å². The maximum atomic E-state index is 13.6. The number of methoxy groups -OCH3 is 1. The molecular weight excluding hydrogens is 363 g/mol. The first kappa shape index (κ1) is 19.7. The van der Waals surface area contributed by atoms with Crippen molar-refractivity contribution in [3.8, 4) is 11.5 Å². The average molecular weight is 382 g/mol. The molecule has 140 valence electrons. The highest BCUT2D eigenvalue weighted by Crippen LogP contribution is 2.28. The van der Waals surface area contributed by atoms with Crippen LogP contribution in [0.1, 0.15) is 24.2 Å². The van der Waals surface area contributed by atoms with Gasteiger partial charge in [0.25, 0.3) is 15.9 Å². The van der Waals surface area contributed by atoms with Gasteiger partial charge in [-0.3, -0.25) is 10.2 Å². The van der Waals surface area contributed by atoms with Gasteiger partial charge in [0, 0.05) is 5.56 Å². The van der Waals surface area contributed by atoms with Crippen LogP contribution in [0.5, 0.6) is 11.5 Å². The molecule has 0 aliphatic carbocycles. The van der Waals surface area contributed by atoms with Crippen LogP contribution in [-0.2, 0) is 10.0 Å². The van der Waals surface area contributed by atoms with Gasteiger partial charge in [0.05, 0.1) is 13.2 Å². The van der Waals surface area contributed by atoms with Gasteiger partial charge in [-0.1, -0.05) is 12.1 Å². The number of hydrazine groups is 1. The molecule has 0 unspecified atom stereocenters. The lowest BCUT2D eigenvalue weighted by Crippen LogP contribution is -2.41. The summed E-state index contributed by atoms with van der Waals surface area (Å²) in [5.41, 5.74) is 2.17. The number of nitrogens with one attached hydrogen (secondary N) is 2. The molecule has 0 aliphatic heterocycles. The molecule has 0 saturated heterocycles. The zero-order chi connectivity index (χ0) is 19.3. The topological polar surface area (TPSA) is 93.7 Å². The maximum absolute atomic E-state index is 13.6. The van der Waals surface area contributed by atoms with Crippen LogP contribution in [0.2, 0.25) is 0 Å². The zero-order valence-corrected chi connectivity index (χ0v) is 15.3. The van der Waals surface area contributed by atoms with Gasteiger partial charge in [0.2, 0.25) is 0 Å². The molecule has 7 nitrogen and oxygen atoms in total. The predicted octanol–water partition coefficient (Wildman–Crippen LogP) is 2.24. The summed E-state index contributed by atoms with van der Waals surface area (Å²) in [5.74, 6) is -0.889. The summed E-state index contributed by atoms with van der Waals surface area (Å²) >= 11 is 0. The Hall–Kier alpha value is -2.65. The standard InChI is InChI=1S/C17H19FN2O5S/c1-11(2)25-14-9-8-12(10-15(14)24-3)17(21)19-20-26(22,23)16-7-5-4-6-13(16)18/h4-11,20H,1-3H3,(H,19,21). The maximum Gasteiger partial charge on any atom is 0.266 e. The summed E-state index contributed by atoms with van der Waals surface area (Å²) in [6.45, 7) is 3.69. The molecule has 0 aromatic heterocycles. The number of halogens is 1. The molecule has 2 N–H and O–H groups in total. The monoisotopic (exact) mass is 382 g/mol. The Morgan fingerprint density at radius 1 is 1.12 bits per heavy atom. The summed E-state index contributed by atoms with van der Waals surface area (Å²) in [4.78, 5) is 13.5. The Kier molecular flexibility index (Phi) is 6.17. The van der Waals surface area contributed by atoms with Crippen LogP contribution in [0.4, 0.5) is 4.39 Å². The quantitative estimate of drug-likeness (QED) is 0.717. The number of benzene rings is 2. The summed E-state index contributed by atoms with van der Waals surface area (Å²) < 4.78 is 48.5. The van der Waals surface area contributed by atoms with Crippen molar-refractivity contribution in [3.63, 3.8) is 0 Å². The van der Waals surface area contributed by atoms with Crippen molar-refractivity contribution in [1.29, 1.82) is 0 Å². The van der Waals surface area contributed by atoms with Crippen LogP contribution >= 0.6 is 0 Å². The molecule has 26 heavy (non-hydrogen) atoms. The minimum absolute atomic E-state index is 0.0869. The third-order valence-electron chi connectivity index (χ3n) is 3.21. The van der Waals surface area contributed by atoms with Crippen LogP contribution in [0.15, 0.2) is 47.4 Å². The molecule has 0 fully saturated rings. The Labute approximate surface area is 151 Å². The van der Waals surface area contributed by atoms with Gasteiger partial charge in [-0.05, 0) is 44.2 Å². The van der Waals surface area contributed by atoms with Crippen molar-refractivity contribution >= 4 is 15.9 Å². The third kappa shape index (κ3) is 4.70. The van der Waals surface area contributed by atoms with Crippen LogP contribution in [0.3, 0.4) is 0 Å². The number of ether oxygens (including phenoxy) is 2. The molecule has 2 aromatic rings. The van der Waals surface area contributed by atoms with Gasteiger partial charge in [0.1, 0.15) is 10.7 Å². The fourth-order valence-electron chi connectivity index (χ4n) is 2.06. The highest BCUT2D eigenvalue weighted by atomic mass is 32.2. The number of hydrogen-bond acceptors (Lipinski definition) is 5. The van der Waals surface area contributed by atoms with E-state index in [0.717, 1.165) is 12.1 Å². The zero-order valence-electron chi connectivity index (χ0n) is 14.4. The molecule has 0 aliphatic rings. The summed E-state index contributed by atoms with van der Waals surface area (Å²) in [6.07, 6.45) is -0.0869. The molecule has 0 saturated carbocycles. The normalized spacial score (nSPS) is 11.3. The number of carbonyl (C=O) groups is 1. The summed E-state index contributed by atoms with van der Waals surface area (Å²) in [6, 6.07) is 9.23. The highest BCUT2D eigenvalue weighted by Gasteiger charge is 2.20. The Morgan fingerprint density at radius 3 is 2.42 bits per heavy atom. The lowest BCUT2D eigenvalue weighted by molar-refractivity contribution is 0.0944. The van der Waals surface area contributed by atoms with Crippen LogP contribution in [0, 0.1) is 5.82 Å². The van der Waals surface area contributed by atoms with Gasteiger partial charge in [0.15, 0.2) is 11.5 Å². The molecule has 0 atom stereocenters. The van der Waals surface area contributed by atoms with Gasteiger partial charge >= 0.3 is 0 Å². The lowest BCUT2D eigenvalue weighted by Gasteiger charge is -2.14. The molecule has 0 bridgehead atoms. The first-order valence-electron chi connectivity index (χ1n) is 7.66. The smallest absolute Gasteiger partial charge is 0.266 e. The van der Waals surface area contributed by atoms with E-state index in [1.54, 1.807) is 6.07 Å². The van der Waals surface area contributed by atoms with E-state index >= 15 is 0 Å². The van der Waals surface area contributed by atoms with E-state index in [4.69, 9.17) is 9.47 Å². The molecule has 2 rings (SSSR count). The van der Waals surface area contributed by atoms with Crippen molar-refractivity contribution in [2.45, 2.75) is 24.8 Å². The predicted molar refractivity (Wildman–Crippen MR) is 92.9 cm³/mol. The molecule has 1 amide bonds. The molecular formula is C17H19FN2O5S.